The van der Waals surface area contributed by atoms with Crippen LogP contribution in [0.1, 0.15) is 42.4 Å². The summed E-state index contributed by atoms with van der Waals surface area (Å²) >= 11 is 12.7. The van der Waals surface area contributed by atoms with Crippen LogP contribution in [-0.2, 0) is 32.6 Å². The molecule has 1 atom stereocenters. The normalized spacial score (nSPS) is 14.4. The van der Waals surface area contributed by atoms with Gasteiger partial charge >= 0.3 is 0 Å². The van der Waals surface area contributed by atoms with Crippen LogP contribution in [0.3, 0.4) is 0 Å². The molecule has 10 heteroatoms. The van der Waals surface area contributed by atoms with Crippen molar-refractivity contribution >= 4 is 50.7 Å². The summed E-state index contributed by atoms with van der Waals surface area (Å²) in [4.78, 5) is 29.5. The van der Waals surface area contributed by atoms with Gasteiger partial charge in [-0.1, -0.05) is 84.6 Å². The summed E-state index contributed by atoms with van der Waals surface area (Å²) in [6.45, 7) is 1.37. The summed E-state index contributed by atoms with van der Waals surface area (Å²) in [7, 11) is -3.83. The van der Waals surface area contributed by atoms with Gasteiger partial charge in [-0.25, -0.2) is 8.42 Å². The number of carbonyl (C=O) groups is 2. The minimum Gasteiger partial charge on any atom is -0.352 e. The van der Waals surface area contributed by atoms with E-state index in [0.29, 0.717) is 21.3 Å². The highest BCUT2D eigenvalue weighted by Gasteiger charge is 2.34. The fraction of sp³-hybridized carbons (Fsp3) is 0.355. The number of hydrogen-bond donors (Lipinski definition) is 1. The van der Waals surface area contributed by atoms with Crippen LogP contribution in [-0.4, -0.2) is 50.0 Å². The molecule has 0 aromatic heterocycles. The zero-order chi connectivity index (χ0) is 29.6. The van der Waals surface area contributed by atoms with E-state index in [4.69, 9.17) is 23.2 Å². The summed E-state index contributed by atoms with van der Waals surface area (Å²) in [5, 5.41) is 3.94. The van der Waals surface area contributed by atoms with E-state index in [1.54, 1.807) is 36.4 Å². The van der Waals surface area contributed by atoms with Gasteiger partial charge in [0.1, 0.15) is 12.6 Å². The molecule has 7 nitrogen and oxygen atoms in total. The second kappa shape index (κ2) is 13.7. The number of aryl methyl sites for hydroxylation is 1. The highest BCUT2D eigenvalue weighted by Crippen LogP contribution is 2.26. The van der Waals surface area contributed by atoms with Crippen LogP contribution in [0, 0.1) is 6.92 Å². The number of rotatable bonds is 11. The van der Waals surface area contributed by atoms with E-state index < -0.39 is 28.5 Å². The Kier molecular flexibility index (Phi) is 10.3. The Morgan fingerprint density at radius 3 is 2.32 bits per heavy atom. The highest BCUT2D eigenvalue weighted by molar-refractivity contribution is 7.92. The first-order chi connectivity index (χ1) is 19.5. The van der Waals surface area contributed by atoms with Crippen LogP contribution in [0.15, 0.2) is 72.8 Å². The predicted molar refractivity (Wildman–Crippen MR) is 165 cm³/mol. The smallest absolute Gasteiger partial charge is 0.244 e. The number of nitrogens with one attached hydrogen (secondary N) is 1. The van der Waals surface area contributed by atoms with Crippen molar-refractivity contribution in [1.82, 2.24) is 10.2 Å². The zero-order valence-corrected chi connectivity index (χ0v) is 25.6. The Morgan fingerprint density at radius 1 is 0.976 bits per heavy atom. The third-order valence-corrected chi connectivity index (χ3v) is 9.02. The molecule has 0 heterocycles. The maximum Gasteiger partial charge on any atom is 0.244 e. The molecule has 1 aliphatic rings. The molecule has 0 spiro atoms. The second-order valence-corrected chi connectivity index (χ2v) is 13.3. The second-order valence-electron chi connectivity index (χ2n) is 10.6. The van der Waals surface area contributed by atoms with Crippen molar-refractivity contribution in [2.24, 2.45) is 0 Å². The van der Waals surface area contributed by atoms with Crippen molar-refractivity contribution in [2.75, 3.05) is 17.1 Å². The van der Waals surface area contributed by atoms with Crippen molar-refractivity contribution in [3.05, 3.63) is 99.5 Å². The molecule has 2 amide bonds. The average molecular weight is 617 g/mol. The lowest BCUT2D eigenvalue weighted by atomic mass is 10.0. The van der Waals surface area contributed by atoms with Gasteiger partial charge in [0.15, 0.2) is 0 Å². The van der Waals surface area contributed by atoms with E-state index in [9.17, 15) is 18.0 Å². The standard InChI is InChI=1S/C31H35Cl2N3O4S/c1-22-9-8-14-27(17-22)36(41(2,39)40)21-30(37)35(20-24-15-16-25(32)19-28(24)33)29(18-23-10-4-3-5-11-23)31(38)34-26-12-6-7-13-26/h3-5,8-11,14-17,19,26,29H,6-7,12-13,18,20-21H2,1-2H3,(H,34,38)/t29-/m1/s1. The van der Waals surface area contributed by atoms with Gasteiger partial charge in [-0.05, 0) is 60.7 Å². The van der Waals surface area contributed by atoms with E-state index in [1.807, 2.05) is 43.3 Å². The van der Waals surface area contributed by atoms with Gasteiger partial charge in [-0.3, -0.25) is 13.9 Å². The average Bonchev–Trinajstić information content (AvgIpc) is 3.43. The lowest BCUT2D eigenvalue weighted by molar-refractivity contribution is -0.140. The summed E-state index contributed by atoms with van der Waals surface area (Å²) in [5.74, 6) is -0.800. The number of anilines is 1. The van der Waals surface area contributed by atoms with Crippen molar-refractivity contribution < 1.29 is 18.0 Å². The zero-order valence-electron chi connectivity index (χ0n) is 23.2. The SMILES string of the molecule is Cc1cccc(N(CC(=O)N(Cc2ccc(Cl)cc2Cl)[C@H](Cc2ccccc2)C(=O)NC2CCCC2)S(C)(=O)=O)c1. The van der Waals surface area contributed by atoms with Crippen LogP contribution in [0.2, 0.25) is 10.0 Å². The Balaban J connectivity index is 1.74. The molecule has 0 radical (unpaired) electrons. The van der Waals surface area contributed by atoms with Gasteiger partial charge in [0, 0.05) is 29.1 Å². The van der Waals surface area contributed by atoms with E-state index in [2.05, 4.69) is 5.32 Å². The largest absolute Gasteiger partial charge is 0.352 e. The van der Waals surface area contributed by atoms with E-state index in [1.165, 1.54) is 4.90 Å². The fourth-order valence-corrected chi connectivity index (χ4v) is 6.46. The van der Waals surface area contributed by atoms with Gasteiger partial charge in [-0.2, -0.15) is 0 Å². The summed E-state index contributed by atoms with van der Waals surface area (Å²) in [6.07, 6.45) is 5.16. The van der Waals surface area contributed by atoms with Crippen LogP contribution in [0.25, 0.3) is 0 Å². The molecule has 0 saturated heterocycles. The molecule has 1 N–H and O–H groups in total. The Bertz CT molecular complexity index is 1480. The number of carbonyl (C=O) groups excluding carboxylic acids is 2. The molecular formula is C31H35Cl2N3O4S. The van der Waals surface area contributed by atoms with E-state index in [-0.39, 0.29) is 24.9 Å². The van der Waals surface area contributed by atoms with Crippen LogP contribution < -0.4 is 9.62 Å². The Hall–Kier alpha value is -3.07. The molecule has 0 bridgehead atoms. The molecule has 218 valence electrons. The van der Waals surface area contributed by atoms with Crippen molar-refractivity contribution in [1.29, 1.82) is 0 Å². The molecule has 1 saturated carbocycles. The first-order valence-electron chi connectivity index (χ1n) is 13.6. The van der Waals surface area contributed by atoms with Gasteiger partial charge < -0.3 is 10.2 Å². The third-order valence-electron chi connectivity index (χ3n) is 7.30. The van der Waals surface area contributed by atoms with Crippen molar-refractivity contribution in [2.45, 2.75) is 57.7 Å². The number of halogens is 2. The lowest BCUT2D eigenvalue weighted by Gasteiger charge is -2.34. The van der Waals surface area contributed by atoms with Gasteiger partial charge in [0.05, 0.1) is 11.9 Å². The first kappa shape index (κ1) is 30.9. The summed E-state index contributed by atoms with van der Waals surface area (Å²) < 4.78 is 26.9. The quantitative estimate of drug-likeness (QED) is 0.297. The maximum absolute atomic E-state index is 14.2. The highest BCUT2D eigenvalue weighted by atomic mass is 35.5. The van der Waals surface area contributed by atoms with Crippen molar-refractivity contribution in [3.8, 4) is 0 Å². The minimum atomic E-state index is -3.83. The number of nitrogens with zero attached hydrogens (tertiary/aromatic N) is 2. The Labute approximate surface area is 252 Å². The molecule has 1 fully saturated rings. The van der Waals surface area contributed by atoms with Crippen LogP contribution in [0.4, 0.5) is 5.69 Å². The fourth-order valence-electron chi connectivity index (χ4n) is 5.15. The number of sulfonamides is 1. The van der Waals surface area contributed by atoms with E-state index >= 15 is 0 Å². The first-order valence-corrected chi connectivity index (χ1v) is 16.2. The van der Waals surface area contributed by atoms with E-state index in [0.717, 1.165) is 47.4 Å². The monoisotopic (exact) mass is 615 g/mol. The topological polar surface area (TPSA) is 86.8 Å². The maximum atomic E-state index is 14.2. The number of amides is 2. The van der Waals surface area contributed by atoms with Gasteiger partial charge in [-0.15, -0.1) is 0 Å². The van der Waals surface area contributed by atoms with Gasteiger partial charge in [0.2, 0.25) is 21.8 Å². The molecule has 41 heavy (non-hydrogen) atoms. The molecule has 0 aliphatic heterocycles. The minimum absolute atomic E-state index is 0.00413. The van der Waals surface area contributed by atoms with Gasteiger partial charge in [0.25, 0.3) is 0 Å². The van der Waals surface area contributed by atoms with Crippen molar-refractivity contribution in [3.63, 3.8) is 0 Å². The predicted octanol–water partition coefficient (Wildman–Crippen LogP) is 5.77. The molecule has 3 aromatic rings. The Morgan fingerprint density at radius 2 is 1.68 bits per heavy atom. The lowest BCUT2D eigenvalue weighted by Crippen LogP contribution is -2.54. The van der Waals surface area contributed by atoms with Crippen LogP contribution in [0.5, 0.6) is 0 Å². The molecule has 3 aromatic carbocycles. The van der Waals surface area contributed by atoms with Crippen LogP contribution >= 0.6 is 23.2 Å². The molecular weight excluding hydrogens is 581 g/mol. The summed E-state index contributed by atoms with van der Waals surface area (Å²) in [5.41, 5.74) is 2.70. The molecule has 0 unspecified atom stereocenters. The number of benzene rings is 3. The third kappa shape index (κ3) is 8.47. The summed E-state index contributed by atoms with van der Waals surface area (Å²) in [6, 6.07) is 20.5. The molecule has 1 aliphatic carbocycles. The number of hydrogen-bond acceptors (Lipinski definition) is 4. The molecule has 4 rings (SSSR count).